The predicted molar refractivity (Wildman–Crippen MR) is 109 cm³/mol. The van der Waals surface area contributed by atoms with Gasteiger partial charge >= 0.3 is 0 Å². The summed E-state index contributed by atoms with van der Waals surface area (Å²) < 4.78 is 8.21. The molecule has 144 valence electrons. The van der Waals surface area contributed by atoms with Crippen molar-refractivity contribution in [2.75, 3.05) is 24.6 Å². The summed E-state index contributed by atoms with van der Waals surface area (Å²) >= 11 is 0. The van der Waals surface area contributed by atoms with Gasteiger partial charge in [0.05, 0.1) is 6.61 Å². The molecule has 3 aromatic rings. The van der Waals surface area contributed by atoms with Gasteiger partial charge in [-0.3, -0.25) is 4.40 Å². The first-order valence-corrected chi connectivity index (χ1v) is 10.5. The van der Waals surface area contributed by atoms with Gasteiger partial charge in [-0.1, -0.05) is 18.2 Å². The van der Waals surface area contributed by atoms with Crippen molar-refractivity contribution in [2.24, 2.45) is 5.92 Å². The summed E-state index contributed by atoms with van der Waals surface area (Å²) in [6, 6.07) is 10.8. The smallest absolute Gasteiger partial charge is 0.165 e. The summed E-state index contributed by atoms with van der Waals surface area (Å²) in [6.45, 7) is 5.13. The Kier molecular flexibility index (Phi) is 3.49. The summed E-state index contributed by atoms with van der Waals surface area (Å²) in [6.07, 6.45) is 8.19. The maximum absolute atomic E-state index is 6.01. The molecule has 0 amide bonds. The third-order valence-electron chi connectivity index (χ3n) is 7.06. The lowest BCUT2D eigenvalue weighted by Crippen LogP contribution is -2.44. The van der Waals surface area contributed by atoms with Crippen molar-refractivity contribution in [2.45, 2.75) is 44.4 Å². The lowest BCUT2D eigenvalue weighted by atomic mass is 9.74. The van der Waals surface area contributed by atoms with Gasteiger partial charge in [0.1, 0.15) is 11.6 Å². The molecule has 0 atom stereocenters. The molecule has 5 nitrogen and oxygen atoms in total. The van der Waals surface area contributed by atoms with Crippen LogP contribution in [0, 0.1) is 12.8 Å². The van der Waals surface area contributed by atoms with Crippen molar-refractivity contribution < 1.29 is 4.74 Å². The Morgan fingerprint density at radius 3 is 2.75 bits per heavy atom. The summed E-state index contributed by atoms with van der Waals surface area (Å²) in [5.41, 5.74) is 5.17. The monoisotopic (exact) mass is 374 g/mol. The molecule has 28 heavy (non-hydrogen) atoms. The minimum Gasteiger partial charge on any atom is -0.492 e. The van der Waals surface area contributed by atoms with E-state index >= 15 is 0 Å². The molecular weight excluding hydrogens is 348 g/mol. The van der Waals surface area contributed by atoms with Gasteiger partial charge in [0.15, 0.2) is 5.65 Å². The Morgan fingerprint density at radius 2 is 1.93 bits per heavy atom. The molecule has 6 rings (SSSR count). The van der Waals surface area contributed by atoms with Crippen molar-refractivity contribution >= 4 is 11.3 Å². The number of pyridine rings is 1. The van der Waals surface area contributed by atoms with Gasteiger partial charge in [-0.25, -0.2) is 0 Å². The summed E-state index contributed by atoms with van der Waals surface area (Å²) in [4.78, 5) is 2.52. The van der Waals surface area contributed by atoms with Crippen LogP contribution in [0.15, 0.2) is 36.5 Å². The molecule has 5 heteroatoms. The van der Waals surface area contributed by atoms with Crippen LogP contribution >= 0.6 is 0 Å². The van der Waals surface area contributed by atoms with Gasteiger partial charge in [-0.05, 0) is 50.7 Å². The zero-order valence-electron chi connectivity index (χ0n) is 16.4. The summed E-state index contributed by atoms with van der Waals surface area (Å²) in [7, 11) is 0. The van der Waals surface area contributed by atoms with Crippen LogP contribution in [-0.4, -0.2) is 34.3 Å². The Morgan fingerprint density at radius 1 is 1.11 bits per heavy atom. The molecule has 0 bridgehead atoms. The molecule has 1 aromatic carbocycles. The van der Waals surface area contributed by atoms with Crippen LogP contribution in [0.5, 0.6) is 5.75 Å². The molecule has 4 heterocycles. The van der Waals surface area contributed by atoms with Crippen LogP contribution in [-0.2, 0) is 11.8 Å². The average molecular weight is 374 g/mol. The van der Waals surface area contributed by atoms with E-state index in [2.05, 4.69) is 63.0 Å². The van der Waals surface area contributed by atoms with E-state index < -0.39 is 0 Å². The minimum atomic E-state index is 0.192. The molecule has 1 saturated carbocycles. The first-order valence-electron chi connectivity index (χ1n) is 10.5. The largest absolute Gasteiger partial charge is 0.492 e. The van der Waals surface area contributed by atoms with E-state index in [1.54, 1.807) is 0 Å². The van der Waals surface area contributed by atoms with Crippen LogP contribution in [0.25, 0.3) is 5.65 Å². The zero-order valence-corrected chi connectivity index (χ0v) is 16.4. The molecule has 0 N–H and O–H groups in total. The van der Waals surface area contributed by atoms with Crippen molar-refractivity contribution in [3.63, 3.8) is 0 Å². The highest BCUT2D eigenvalue weighted by Gasteiger charge is 2.43. The van der Waals surface area contributed by atoms with E-state index in [1.807, 2.05) is 0 Å². The number of piperidine rings is 1. The van der Waals surface area contributed by atoms with Crippen LogP contribution in [0.3, 0.4) is 0 Å². The maximum Gasteiger partial charge on any atom is 0.165 e. The molecule has 2 aromatic heterocycles. The molecule has 0 unspecified atom stereocenters. The number of nitrogens with zero attached hydrogens (tertiary/aromatic N) is 4. The van der Waals surface area contributed by atoms with Crippen LogP contribution in [0.4, 0.5) is 5.69 Å². The van der Waals surface area contributed by atoms with E-state index in [9.17, 15) is 0 Å². The van der Waals surface area contributed by atoms with Gasteiger partial charge in [0, 0.05) is 47.9 Å². The molecule has 3 aliphatic rings. The fraction of sp³-hybridized carbons (Fsp3) is 0.478. The highest BCUT2D eigenvalue weighted by atomic mass is 16.5. The van der Waals surface area contributed by atoms with Crippen LogP contribution in [0.1, 0.15) is 42.6 Å². The highest BCUT2D eigenvalue weighted by molar-refractivity contribution is 5.65. The van der Waals surface area contributed by atoms with E-state index in [4.69, 9.17) is 4.74 Å². The topological polar surface area (TPSA) is 42.7 Å². The lowest BCUT2D eigenvalue weighted by molar-refractivity contribution is 0.230. The summed E-state index contributed by atoms with van der Waals surface area (Å²) in [5, 5.41) is 9.00. The summed E-state index contributed by atoms with van der Waals surface area (Å²) in [5.74, 6) is 3.02. The standard InChI is InChI=1S/C23H26N4O/c1-16-19(8-11-27-21(14-17-6-7-17)24-25-22(16)27)26-12-9-23(10-13-26)15-28-20-5-3-2-4-18(20)23/h2-5,8,11,17H,6-7,9-10,12-15H2,1H3. The van der Waals surface area contributed by atoms with Gasteiger partial charge in [-0.15, -0.1) is 10.2 Å². The van der Waals surface area contributed by atoms with Crippen molar-refractivity contribution in [1.82, 2.24) is 14.6 Å². The van der Waals surface area contributed by atoms with Crippen molar-refractivity contribution in [1.29, 1.82) is 0 Å². The minimum absolute atomic E-state index is 0.192. The van der Waals surface area contributed by atoms with Crippen molar-refractivity contribution in [3.8, 4) is 5.75 Å². The van der Waals surface area contributed by atoms with Gasteiger partial charge in [0.25, 0.3) is 0 Å². The third kappa shape index (κ3) is 2.45. The predicted octanol–water partition coefficient (Wildman–Crippen LogP) is 3.92. The number of para-hydroxylation sites is 1. The Balaban J connectivity index is 1.26. The number of hydrogen-bond acceptors (Lipinski definition) is 4. The normalized spacial score (nSPS) is 20.5. The van der Waals surface area contributed by atoms with Crippen LogP contribution in [0.2, 0.25) is 0 Å². The molecule has 2 aliphatic heterocycles. The molecule has 1 saturated heterocycles. The molecule has 1 aliphatic carbocycles. The van der Waals surface area contributed by atoms with Crippen molar-refractivity contribution in [3.05, 3.63) is 53.5 Å². The second kappa shape index (κ2) is 5.97. The maximum atomic E-state index is 6.01. The average Bonchev–Trinajstić information content (AvgIpc) is 3.35. The quantitative estimate of drug-likeness (QED) is 0.697. The SMILES string of the molecule is Cc1c(N2CCC3(CC2)COc2ccccc23)ccn2c(CC3CC3)nnc12. The number of ether oxygens (including phenoxy) is 1. The fourth-order valence-corrected chi connectivity index (χ4v) is 5.10. The number of benzene rings is 1. The first kappa shape index (κ1) is 16.4. The molecule has 2 fully saturated rings. The Labute approximate surface area is 165 Å². The van der Waals surface area contributed by atoms with E-state index in [0.29, 0.717) is 0 Å². The fourth-order valence-electron chi connectivity index (χ4n) is 5.10. The van der Waals surface area contributed by atoms with Crippen LogP contribution < -0.4 is 9.64 Å². The second-order valence-corrected chi connectivity index (χ2v) is 8.84. The Bertz CT molecular complexity index is 1040. The molecule has 1 spiro atoms. The number of rotatable bonds is 3. The van der Waals surface area contributed by atoms with E-state index in [0.717, 1.165) is 62.1 Å². The highest BCUT2D eigenvalue weighted by Crippen LogP contribution is 2.46. The number of aromatic nitrogens is 3. The van der Waals surface area contributed by atoms with E-state index in [-0.39, 0.29) is 5.41 Å². The zero-order chi connectivity index (χ0) is 18.7. The molecular formula is C23H26N4O. The number of aryl methyl sites for hydroxylation is 1. The van der Waals surface area contributed by atoms with Gasteiger partial charge in [0.2, 0.25) is 0 Å². The third-order valence-corrected chi connectivity index (χ3v) is 7.06. The number of hydrogen-bond donors (Lipinski definition) is 0. The first-order chi connectivity index (χ1) is 13.7. The Hall–Kier alpha value is -2.56. The number of fused-ring (bicyclic) bond motifs is 3. The van der Waals surface area contributed by atoms with Gasteiger partial charge in [-0.2, -0.15) is 0 Å². The second-order valence-electron chi connectivity index (χ2n) is 8.84. The van der Waals surface area contributed by atoms with E-state index in [1.165, 1.54) is 29.7 Å². The number of anilines is 1. The lowest BCUT2D eigenvalue weighted by Gasteiger charge is -2.40. The molecule has 0 radical (unpaired) electrons. The van der Waals surface area contributed by atoms with Gasteiger partial charge < -0.3 is 9.64 Å².